The van der Waals surface area contributed by atoms with Crippen molar-refractivity contribution in [3.63, 3.8) is 0 Å². The van der Waals surface area contributed by atoms with Crippen LogP contribution in [0.3, 0.4) is 0 Å². The zero-order chi connectivity index (χ0) is 14.7. The number of ether oxygens (including phenoxy) is 1. The highest BCUT2D eigenvalue weighted by Crippen LogP contribution is 2.18. The molecule has 1 aliphatic heterocycles. The van der Waals surface area contributed by atoms with E-state index >= 15 is 0 Å². The SMILES string of the molecule is C[C@H](NC(=O)[C@@H]1CCCO1)c1ccc(-n2cccc2)cc1. The summed E-state index contributed by atoms with van der Waals surface area (Å²) >= 11 is 0. The first-order chi connectivity index (χ1) is 10.2. The molecule has 4 nitrogen and oxygen atoms in total. The summed E-state index contributed by atoms with van der Waals surface area (Å²) in [5.74, 6) is -0.00511. The predicted molar refractivity (Wildman–Crippen MR) is 81.3 cm³/mol. The van der Waals surface area contributed by atoms with Gasteiger partial charge < -0.3 is 14.6 Å². The van der Waals surface area contributed by atoms with Crippen LogP contribution in [-0.4, -0.2) is 23.2 Å². The van der Waals surface area contributed by atoms with E-state index in [4.69, 9.17) is 4.74 Å². The largest absolute Gasteiger partial charge is 0.368 e. The summed E-state index contributed by atoms with van der Waals surface area (Å²) in [6.07, 6.45) is 5.55. The van der Waals surface area contributed by atoms with Gasteiger partial charge in [-0.05, 0) is 49.6 Å². The van der Waals surface area contributed by atoms with E-state index in [9.17, 15) is 4.79 Å². The molecular weight excluding hydrogens is 264 g/mol. The third-order valence-electron chi connectivity index (χ3n) is 3.88. The van der Waals surface area contributed by atoms with Gasteiger partial charge in [0.2, 0.25) is 5.91 Å². The molecule has 1 N–H and O–H groups in total. The summed E-state index contributed by atoms with van der Waals surface area (Å²) in [6.45, 7) is 2.69. The minimum Gasteiger partial charge on any atom is -0.368 e. The lowest BCUT2D eigenvalue weighted by Gasteiger charge is -2.17. The maximum atomic E-state index is 12.0. The van der Waals surface area contributed by atoms with E-state index in [0.717, 1.165) is 24.1 Å². The van der Waals surface area contributed by atoms with Crippen LogP contribution >= 0.6 is 0 Å². The third-order valence-corrected chi connectivity index (χ3v) is 3.88. The molecule has 0 aliphatic carbocycles. The van der Waals surface area contributed by atoms with Crippen LogP contribution in [0, 0.1) is 0 Å². The molecular formula is C17H20N2O2. The Bertz CT molecular complexity index is 584. The number of hydrogen-bond donors (Lipinski definition) is 1. The number of benzene rings is 1. The Morgan fingerprint density at radius 1 is 1.29 bits per heavy atom. The number of nitrogens with one attached hydrogen (secondary N) is 1. The van der Waals surface area contributed by atoms with Crippen molar-refractivity contribution in [2.75, 3.05) is 6.61 Å². The molecule has 2 heterocycles. The first-order valence-electron chi connectivity index (χ1n) is 7.39. The van der Waals surface area contributed by atoms with Crippen molar-refractivity contribution < 1.29 is 9.53 Å². The quantitative estimate of drug-likeness (QED) is 0.938. The number of carbonyl (C=O) groups is 1. The van der Waals surface area contributed by atoms with Crippen molar-refractivity contribution in [2.24, 2.45) is 0 Å². The highest BCUT2D eigenvalue weighted by molar-refractivity contribution is 5.81. The molecule has 21 heavy (non-hydrogen) atoms. The van der Waals surface area contributed by atoms with Gasteiger partial charge >= 0.3 is 0 Å². The molecule has 2 aromatic rings. The molecule has 0 unspecified atom stereocenters. The normalized spacial score (nSPS) is 19.4. The highest BCUT2D eigenvalue weighted by Gasteiger charge is 2.24. The van der Waals surface area contributed by atoms with Gasteiger partial charge in [0.25, 0.3) is 0 Å². The molecule has 0 spiro atoms. The second kappa shape index (κ2) is 6.14. The van der Waals surface area contributed by atoms with Crippen molar-refractivity contribution >= 4 is 5.91 Å². The highest BCUT2D eigenvalue weighted by atomic mass is 16.5. The van der Waals surface area contributed by atoms with Crippen LogP contribution in [0.4, 0.5) is 0 Å². The summed E-state index contributed by atoms with van der Waals surface area (Å²) in [7, 11) is 0. The number of nitrogens with zero attached hydrogens (tertiary/aromatic N) is 1. The molecule has 1 saturated heterocycles. The average Bonchev–Trinajstić information content (AvgIpc) is 3.20. The summed E-state index contributed by atoms with van der Waals surface area (Å²) in [5.41, 5.74) is 2.21. The van der Waals surface area contributed by atoms with Gasteiger partial charge in [0.1, 0.15) is 6.10 Å². The smallest absolute Gasteiger partial charge is 0.249 e. The Labute approximate surface area is 124 Å². The molecule has 2 atom stereocenters. The maximum absolute atomic E-state index is 12.0. The van der Waals surface area contributed by atoms with Crippen molar-refractivity contribution in [1.29, 1.82) is 0 Å². The lowest BCUT2D eigenvalue weighted by Crippen LogP contribution is -2.35. The third kappa shape index (κ3) is 3.16. The number of aromatic nitrogens is 1. The minimum atomic E-state index is -0.272. The van der Waals surface area contributed by atoms with Gasteiger partial charge in [-0.2, -0.15) is 0 Å². The standard InChI is InChI=1S/C17H20N2O2/c1-13(18-17(20)16-5-4-12-21-16)14-6-8-15(9-7-14)19-10-2-3-11-19/h2-3,6-11,13,16H,4-5,12H2,1H3,(H,18,20)/t13-,16-/m0/s1. The van der Waals surface area contributed by atoms with Crippen molar-refractivity contribution in [1.82, 2.24) is 9.88 Å². The van der Waals surface area contributed by atoms with Gasteiger partial charge in [0.05, 0.1) is 6.04 Å². The molecule has 0 bridgehead atoms. The van der Waals surface area contributed by atoms with Crippen molar-refractivity contribution in [2.45, 2.75) is 31.9 Å². The second-order valence-corrected chi connectivity index (χ2v) is 5.41. The van der Waals surface area contributed by atoms with E-state index < -0.39 is 0 Å². The van der Waals surface area contributed by atoms with Gasteiger partial charge in [-0.3, -0.25) is 4.79 Å². The first kappa shape index (κ1) is 13.9. The Hall–Kier alpha value is -2.07. The summed E-state index contributed by atoms with van der Waals surface area (Å²) in [5, 5.41) is 3.02. The van der Waals surface area contributed by atoms with E-state index in [2.05, 4.69) is 34.1 Å². The van der Waals surface area contributed by atoms with Crippen LogP contribution in [-0.2, 0) is 9.53 Å². The zero-order valence-electron chi connectivity index (χ0n) is 12.2. The van der Waals surface area contributed by atoms with Crippen LogP contribution in [0.5, 0.6) is 0 Å². The molecule has 1 aromatic carbocycles. The molecule has 3 rings (SSSR count). The summed E-state index contributed by atoms with van der Waals surface area (Å²) in [4.78, 5) is 12.0. The Balaban J connectivity index is 1.64. The average molecular weight is 284 g/mol. The molecule has 0 radical (unpaired) electrons. The van der Waals surface area contributed by atoms with Gasteiger partial charge in [0, 0.05) is 24.7 Å². The van der Waals surface area contributed by atoms with Crippen LogP contribution in [0.2, 0.25) is 0 Å². The molecule has 1 aromatic heterocycles. The van der Waals surface area contributed by atoms with Crippen molar-refractivity contribution in [3.05, 3.63) is 54.4 Å². The predicted octanol–water partition coefficient (Wildman–Crippen LogP) is 2.83. The molecule has 1 fully saturated rings. The van der Waals surface area contributed by atoms with Gasteiger partial charge in [-0.15, -0.1) is 0 Å². The molecule has 110 valence electrons. The van der Waals surface area contributed by atoms with Crippen LogP contribution in [0.25, 0.3) is 5.69 Å². The zero-order valence-corrected chi connectivity index (χ0v) is 12.2. The maximum Gasteiger partial charge on any atom is 0.249 e. The number of carbonyl (C=O) groups excluding carboxylic acids is 1. The molecule has 1 aliphatic rings. The summed E-state index contributed by atoms with van der Waals surface area (Å²) < 4.78 is 7.46. The fraction of sp³-hybridized carbons (Fsp3) is 0.353. The van der Waals surface area contributed by atoms with Crippen LogP contribution in [0.15, 0.2) is 48.8 Å². The van der Waals surface area contributed by atoms with E-state index in [1.165, 1.54) is 0 Å². The number of rotatable bonds is 4. The van der Waals surface area contributed by atoms with E-state index in [-0.39, 0.29) is 18.1 Å². The Kier molecular flexibility index (Phi) is 4.06. The lowest BCUT2D eigenvalue weighted by atomic mass is 10.1. The van der Waals surface area contributed by atoms with E-state index in [0.29, 0.717) is 6.61 Å². The molecule has 1 amide bonds. The van der Waals surface area contributed by atoms with Gasteiger partial charge in [-0.1, -0.05) is 12.1 Å². The van der Waals surface area contributed by atoms with Gasteiger partial charge in [-0.25, -0.2) is 0 Å². The fourth-order valence-electron chi connectivity index (χ4n) is 2.62. The monoisotopic (exact) mass is 284 g/mol. The van der Waals surface area contributed by atoms with Gasteiger partial charge in [0.15, 0.2) is 0 Å². The number of amides is 1. The van der Waals surface area contributed by atoms with Crippen LogP contribution in [0.1, 0.15) is 31.4 Å². The van der Waals surface area contributed by atoms with Crippen LogP contribution < -0.4 is 5.32 Å². The first-order valence-corrected chi connectivity index (χ1v) is 7.39. The minimum absolute atomic E-state index is 0.00511. The molecule has 4 heteroatoms. The lowest BCUT2D eigenvalue weighted by molar-refractivity contribution is -0.130. The second-order valence-electron chi connectivity index (χ2n) is 5.41. The Morgan fingerprint density at radius 2 is 2.00 bits per heavy atom. The molecule has 0 saturated carbocycles. The Morgan fingerprint density at radius 3 is 2.62 bits per heavy atom. The topological polar surface area (TPSA) is 43.3 Å². The number of hydrogen-bond acceptors (Lipinski definition) is 2. The van der Waals surface area contributed by atoms with Crippen molar-refractivity contribution in [3.8, 4) is 5.69 Å². The van der Waals surface area contributed by atoms with E-state index in [1.54, 1.807) is 0 Å². The summed E-state index contributed by atoms with van der Waals surface area (Å²) in [6, 6.07) is 12.2. The van der Waals surface area contributed by atoms with E-state index in [1.807, 2.05) is 31.5 Å². The fourth-order valence-corrected chi connectivity index (χ4v) is 2.62.